The third-order valence-corrected chi connectivity index (χ3v) is 3.58. The third-order valence-electron chi connectivity index (χ3n) is 3.58. The number of aliphatic hydroxyl groups is 3. The van der Waals surface area contributed by atoms with Crippen molar-refractivity contribution in [1.82, 2.24) is 0 Å². The molecule has 2 aliphatic rings. The molecule has 2 saturated heterocycles. The molecule has 106 valence electrons. The summed E-state index contributed by atoms with van der Waals surface area (Å²) in [4.78, 5) is 0. The van der Waals surface area contributed by atoms with E-state index in [0.717, 1.165) is 0 Å². The van der Waals surface area contributed by atoms with Crippen LogP contribution in [0, 0.1) is 0 Å². The first-order chi connectivity index (χ1) is 8.61. The topological polar surface area (TPSA) is 88.4 Å². The van der Waals surface area contributed by atoms with Crippen molar-refractivity contribution in [3.63, 3.8) is 0 Å². The molecule has 0 amide bonds. The van der Waals surface area contributed by atoms with Gasteiger partial charge < -0.3 is 29.5 Å². The normalized spacial score (nSPS) is 46.0. The van der Waals surface area contributed by atoms with Crippen LogP contribution in [0.1, 0.15) is 26.2 Å². The zero-order valence-corrected chi connectivity index (χ0v) is 10.6. The maximum atomic E-state index is 9.89. The van der Waals surface area contributed by atoms with E-state index in [1.54, 1.807) is 0 Å². The third kappa shape index (κ3) is 3.20. The van der Waals surface area contributed by atoms with Crippen LogP contribution in [0.15, 0.2) is 0 Å². The van der Waals surface area contributed by atoms with E-state index in [9.17, 15) is 10.2 Å². The van der Waals surface area contributed by atoms with Crippen molar-refractivity contribution < 1.29 is 29.5 Å². The first kappa shape index (κ1) is 14.2. The molecule has 18 heavy (non-hydrogen) atoms. The summed E-state index contributed by atoms with van der Waals surface area (Å²) >= 11 is 0. The quantitative estimate of drug-likeness (QED) is 0.629. The van der Waals surface area contributed by atoms with Crippen molar-refractivity contribution in [2.75, 3.05) is 13.2 Å². The zero-order chi connectivity index (χ0) is 13.1. The van der Waals surface area contributed by atoms with Crippen LogP contribution in [0.25, 0.3) is 0 Å². The lowest BCUT2D eigenvalue weighted by molar-refractivity contribution is -0.277. The van der Waals surface area contributed by atoms with E-state index >= 15 is 0 Å². The summed E-state index contributed by atoms with van der Waals surface area (Å²) in [7, 11) is 0. The molecule has 2 aliphatic heterocycles. The highest BCUT2D eigenvalue weighted by molar-refractivity contribution is 4.82. The summed E-state index contributed by atoms with van der Waals surface area (Å²) in [5.74, 6) is 0. The van der Waals surface area contributed by atoms with Crippen molar-refractivity contribution in [3.8, 4) is 0 Å². The Bertz CT molecular complexity index is 251. The second kappa shape index (κ2) is 6.27. The van der Waals surface area contributed by atoms with Gasteiger partial charge in [-0.1, -0.05) is 0 Å². The Morgan fingerprint density at radius 3 is 2.61 bits per heavy atom. The Balaban J connectivity index is 1.88. The molecule has 6 nitrogen and oxygen atoms in total. The van der Waals surface area contributed by atoms with Crippen LogP contribution in [-0.4, -0.2) is 65.3 Å². The largest absolute Gasteiger partial charge is 0.394 e. The molecule has 0 spiro atoms. The fourth-order valence-electron chi connectivity index (χ4n) is 2.43. The molecule has 2 fully saturated rings. The van der Waals surface area contributed by atoms with E-state index in [0.29, 0.717) is 25.9 Å². The van der Waals surface area contributed by atoms with Gasteiger partial charge in [-0.2, -0.15) is 0 Å². The number of rotatable bonds is 3. The Hall–Kier alpha value is -0.240. The number of hydrogen-bond donors (Lipinski definition) is 3. The van der Waals surface area contributed by atoms with Crippen molar-refractivity contribution in [2.45, 2.75) is 63.0 Å². The summed E-state index contributed by atoms with van der Waals surface area (Å²) in [6, 6.07) is 0. The van der Waals surface area contributed by atoms with E-state index in [-0.39, 0.29) is 12.7 Å². The molecule has 6 atom stereocenters. The number of hydrogen-bond acceptors (Lipinski definition) is 6. The minimum absolute atomic E-state index is 0.184. The summed E-state index contributed by atoms with van der Waals surface area (Å²) in [5.41, 5.74) is 0. The molecule has 0 aromatic rings. The first-order valence-corrected chi connectivity index (χ1v) is 6.51. The minimum atomic E-state index is -0.653. The highest BCUT2D eigenvalue weighted by Crippen LogP contribution is 2.25. The number of aliphatic hydroxyl groups excluding tert-OH is 3. The van der Waals surface area contributed by atoms with Gasteiger partial charge >= 0.3 is 0 Å². The lowest BCUT2D eigenvalue weighted by Crippen LogP contribution is -2.50. The highest BCUT2D eigenvalue weighted by atomic mass is 16.7. The van der Waals surface area contributed by atoms with Gasteiger partial charge in [0.25, 0.3) is 0 Å². The van der Waals surface area contributed by atoms with E-state index in [4.69, 9.17) is 19.3 Å². The Morgan fingerprint density at radius 1 is 1.17 bits per heavy atom. The van der Waals surface area contributed by atoms with Crippen molar-refractivity contribution >= 4 is 0 Å². The van der Waals surface area contributed by atoms with Gasteiger partial charge in [0.1, 0.15) is 12.2 Å². The van der Waals surface area contributed by atoms with Crippen LogP contribution in [0.2, 0.25) is 0 Å². The van der Waals surface area contributed by atoms with Gasteiger partial charge in [0.05, 0.1) is 24.9 Å². The molecule has 0 bridgehead atoms. The van der Waals surface area contributed by atoms with Crippen LogP contribution >= 0.6 is 0 Å². The van der Waals surface area contributed by atoms with Crippen molar-refractivity contribution in [2.24, 2.45) is 0 Å². The molecule has 2 rings (SSSR count). The molecule has 0 saturated carbocycles. The minimum Gasteiger partial charge on any atom is -0.394 e. The average molecular weight is 262 g/mol. The molecule has 0 unspecified atom stereocenters. The van der Waals surface area contributed by atoms with Gasteiger partial charge in [-0.15, -0.1) is 0 Å². The molecule has 0 aromatic carbocycles. The molecular weight excluding hydrogens is 240 g/mol. The maximum absolute atomic E-state index is 9.89. The predicted octanol–water partition coefficient (Wildman–Crippen LogP) is -0.600. The molecular formula is C12H22O6. The summed E-state index contributed by atoms with van der Waals surface area (Å²) in [5, 5.41) is 28.5. The maximum Gasteiger partial charge on any atom is 0.158 e. The fraction of sp³-hybridized carbons (Fsp3) is 1.00. The lowest BCUT2D eigenvalue weighted by Gasteiger charge is -2.39. The van der Waals surface area contributed by atoms with E-state index < -0.39 is 30.7 Å². The fourth-order valence-corrected chi connectivity index (χ4v) is 2.43. The SMILES string of the molecule is C[C@H]1OCC[C@@H](O)[C@@H]1O[C@@H]1CC[C@H](O)[C@@H](CO)O1. The lowest BCUT2D eigenvalue weighted by atomic mass is 10.0. The van der Waals surface area contributed by atoms with Gasteiger partial charge in [0, 0.05) is 13.0 Å². The van der Waals surface area contributed by atoms with Crippen LogP contribution in [0.3, 0.4) is 0 Å². The number of ether oxygens (including phenoxy) is 3. The second-order valence-corrected chi connectivity index (χ2v) is 4.96. The molecule has 0 aliphatic carbocycles. The van der Waals surface area contributed by atoms with Crippen molar-refractivity contribution in [1.29, 1.82) is 0 Å². The van der Waals surface area contributed by atoms with Gasteiger partial charge in [0.15, 0.2) is 6.29 Å². The van der Waals surface area contributed by atoms with E-state index in [2.05, 4.69) is 0 Å². The zero-order valence-electron chi connectivity index (χ0n) is 10.6. The van der Waals surface area contributed by atoms with E-state index in [1.807, 2.05) is 6.92 Å². The highest BCUT2D eigenvalue weighted by Gasteiger charge is 2.36. The van der Waals surface area contributed by atoms with Crippen LogP contribution in [-0.2, 0) is 14.2 Å². The smallest absolute Gasteiger partial charge is 0.158 e. The molecule has 6 heteroatoms. The van der Waals surface area contributed by atoms with E-state index in [1.165, 1.54) is 0 Å². The molecule has 0 radical (unpaired) electrons. The van der Waals surface area contributed by atoms with Gasteiger partial charge in [-0.25, -0.2) is 0 Å². The summed E-state index contributed by atoms with van der Waals surface area (Å²) < 4.78 is 16.6. The van der Waals surface area contributed by atoms with Gasteiger partial charge in [-0.3, -0.25) is 0 Å². The molecule has 2 heterocycles. The Morgan fingerprint density at radius 2 is 1.94 bits per heavy atom. The summed E-state index contributed by atoms with van der Waals surface area (Å²) in [6.07, 6.45) is -1.31. The van der Waals surface area contributed by atoms with Crippen LogP contribution < -0.4 is 0 Å². The summed E-state index contributed by atoms with van der Waals surface area (Å²) in [6.45, 7) is 2.15. The molecule has 3 N–H and O–H groups in total. The Labute approximate surface area is 106 Å². The second-order valence-electron chi connectivity index (χ2n) is 4.96. The predicted molar refractivity (Wildman–Crippen MR) is 61.9 cm³/mol. The molecule has 0 aromatic heterocycles. The van der Waals surface area contributed by atoms with Crippen molar-refractivity contribution in [3.05, 3.63) is 0 Å². The standard InChI is InChI=1S/C12H22O6/c1-7-12(9(15)4-5-16-7)18-11-3-2-8(14)10(6-13)17-11/h7-15H,2-6H2,1H3/t7-,8+,9-,10-,11-,12-/m1/s1. The van der Waals surface area contributed by atoms with Gasteiger partial charge in [0.2, 0.25) is 0 Å². The van der Waals surface area contributed by atoms with Gasteiger partial charge in [-0.05, 0) is 19.8 Å². The average Bonchev–Trinajstić information content (AvgIpc) is 2.36. The Kier molecular flexibility index (Phi) is 4.94. The van der Waals surface area contributed by atoms with Crippen LogP contribution in [0.4, 0.5) is 0 Å². The first-order valence-electron chi connectivity index (χ1n) is 6.51. The monoisotopic (exact) mass is 262 g/mol. The van der Waals surface area contributed by atoms with Crippen LogP contribution in [0.5, 0.6) is 0 Å².